The van der Waals surface area contributed by atoms with E-state index in [-0.39, 0.29) is 16.9 Å². The van der Waals surface area contributed by atoms with Crippen molar-refractivity contribution in [3.8, 4) is 11.8 Å². The van der Waals surface area contributed by atoms with Gasteiger partial charge in [0, 0.05) is 18.7 Å². The number of carbonyl (C=O) groups is 2. The van der Waals surface area contributed by atoms with Gasteiger partial charge in [0.25, 0.3) is 17.3 Å². The third kappa shape index (κ3) is 6.46. The number of amides is 1. The zero-order valence-corrected chi connectivity index (χ0v) is 16.9. The van der Waals surface area contributed by atoms with E-state index in [1.165, 1.54) is 30.3 Å². The van der Waals surface area contributed by atoms with Crippen molar-refractivity contribution >= 4 is 29.3 Å². The molecule has 32 heavy (non-hydrogen) atoms. The van der Waals surface area contributed by atoms with Crippen LogP contribution in [-0.4, -0.2) is 28.3 Å². The van der Waals surface area contributed by atoms with E-state index in [0.717, 1.165) is 31.0 Å². The molecule has 0 spiro atoms. The predicted molar refractivity (Wildman–Crippen MR) is 113 cm³/mol. The van der Waals surface area contributed by atoms with Gasteiger partial charge in [0.2, 0.25) is 0 Å². The predicted octanol–water partition coefficient (Wildman–Crippen LogP) is 3.55. The lowest BCUT2D eigenvalue weighted by molar-refractivity contribution is -0.394. The number of rotatable bonds is 9. The van der Waals surface area contributed by atoms with Crippen molar-refractivity contribution in [3.63, 3.8) is 0 Å². The molecule has 2 aromatic carbocycles. The summed E-state index contributed by atoms with van der Waals surface area (Å²) in [5.41, 5.74) is -1.18. The number of hydrogen-bond donors (Lipinski definition) is 1. The minimum Gasteiger partial charge on any atom is -0.423 e. The van der Waals surface area contributed by atoms with E-state index in [1.807, 2.05) is 13.0 Å². The smallest absolute Gasteiger partial charge is 0.344 e. The van der Waals surface area contributed by atoms with Crippen molar-refractivity contribution in [2.75, 3.05) is 6.54 Å². The van der Waals surface area contributed by atoms with Crippen molar-refractivity contribution in [1.29, 1.82) is 5.26 Å². The normalized spacial score (nSPS) is 10.7. The SMILES string of the molecule is CCCCNC(=O)/C(C#N)=C/c1ccc(OC(=O)c2cc([N+](=O)[O-])cc([N+](=O)[O-])c2)cc1. The first kappa shape index (κ1) is 23.7. The van der Waals surface area contributed by atoms with Crippen molar-refractivity contribution < 1.29 is 24.2 Å². The van der Waals surface area contributed by atoms with E-state index < -0.39 is 33.1 Å². The van der Waals surface area contributed by atoms with Crippen LogP contribution >= 0.6 is 0 Å². The minimum absolute atomic E-state index is 0.0622. The van der Waals surface area contributed by atoms with Gasteiger partial charge in [0.05, 0.1) is 21.5 Å². The van der Waals surface area contributed by atoms with Crippen LogP contribution in [0.5, 0.6) is 5.75 Å². The maximum absolute atomic E-state index is 12.3. The van der Waals surface area contributed by atoms with Crippen molar-refractivity contribution in [1.82, 2.24) is 5.32 Å². The topological polar surface area (TPSA) is 165 Å². The maximum atomic E-state index is 12.3. The van der Waals surface area contributed by atoms with Crippen LogP contribution in [0.2, 0.25) is 0 Å². The van der Waals surface area contributed by atoms with Crippen molar-refractivity contribution in [3.05, 3.63) is 79.4 Å². The second kappa shape index (κ2) is 11.0. The molecule has 0 bridgehead atoms. The number of nitro groups is 2. The largest absolute Gasteiger partial charge is 0.423 e. The molecule has 0 aliphatic carbocycles. The Kier molecular flexibility index (Phi) is 8.13. The van der Waals surface area contributed by atoms with Gasteiger partial charge in [-0.2, -0.15) is 5.26 Å². The van der Waals surface area contributed by atoms with Gasteiger partial charge in [-0.3, -0.25) is 25.0 Å². The summed E-state index contributed by atoms with van der Waals surface area (Å²) in [4.78, 5) is 44.5. The highest BCUT2D eigenvalue weighted by molar-refractivity contribution is 6.01. The average Bonchev–Trinajstić information content (AvgIpc) is 2.78. The Hall–Kier alpha value is -4.59. The molecule has 2 aromatic rings. The summed E-state index contributed by atoms with van der Waals surface area (Å²) in [6.45, 7) is 2.43. The minimum atomic E-state index is -1.02. The molecule has 11 nitrogen and oxygen atoms in total. The van der Waals surface area contributed by atoms with Gasteiger partial charge < -0.3 is 10.1 Å². The van der Waals surface area contributed by atoms with Gasteiger partial charge >= 0.3 is 5.97 Å². The molecule has 0 aliphatic rings. The maximum Gasteiger partial charge on any atom is 0.344 e. The lowest BCUT2D eigenvalue weighted by Gasteiger charge is -2.06. The Balaban J connectivity index is 2.16. The second-order valence-electron chi connectivity index (χ2n) is 6.49. The molecule has 0 heterocycles. The molecule has 1 N–H and O–H groups in total. The molecule has 0 saturated carbocycles. The van der Waals surface area contributed by atoms with Crippen LogP contribution in [0.15, 0.2) is 48.0 Å². The Morgan fingerprint density at radius 1 is 1.09 bits per heavy atom. The number of carbonyl (C=O) groups excluding carboxylic acids is 2. The summed E-state index contributed by atoms with van der Waals surface area (Å²) in [6.07, 6.45) is 3.06. The lowest BCUT2D eigenvalue weighted by atomic mass is 10.1. The second-order valence-corrected chi connectivity index (χ2v) is 6.49. The number of nitriles is 1. The fourth-order valence-electron chi connectivity index (χ4n) is 2.51. The number of non-ortho nitro benzene ring substituents is 2. The molecule has 1 amide bonds. The Morgan fingerprint density at radius 3 is 2.19 bits per heavy atom. The van der Waals surface area contributed by atoms with E-state index in [1.54, 1.807) is 0 Å². The average molecular weight is 438 g/mol. The lowest BCUT2D eigenvalue weighted by Crippen LogP contribution is -2.25. The summed E-state index contributed by atoms with van der Waals surface area (Å²) in [5, 5.41) is 33.7. The summed E-state index contributed by atoms with van der Waals surface area (Å²) >= 11 is 0. The molecule has 0 unspecified atom stereocenters. The fraction of sp³-hybridized carbons (Fsp3) is 0.190. The molecule has 164 valence electrons. The first-order chi connectivity index (χ1) is 15.2. The number of unbranched alkanes of at least 4 members (excludes halogenated alkanes) is 1. The number of nitrogens with zero attached hydrogens (tertiary/aromatic N) is 3. The molecule has 0 atom stereocenters. The highest BCUT2D eigenvalue weighted by Crippen LogP contribution is 2.24. The van der Waals surface area contributed by atoms with Gasteiger partial charge in [0.15, 0.2) is 0 Å². The van der Waals surface area contributed by atoms with Gasteiger partial charge in [-0.15, -0.1) is 0 Å². The monoisotopic (exact) mass is 438 g/mol. The van der Waals surface area contributed by atoms with Gasteiger partial charge in [-0.25, -0.2) is 4.79 Å². The van der Waals surface area contributed by atoms with Crippen LogP contribution in [0.1, 0.15) is 35.7 Å². The van der Waals surface area contributed by atoms with Crippen LogP contribution in [-0.2, 0) is 4.79 Å². The highest BCUT2D eigenvalue weighted by Gasteiger charge is 2.21. The Bertz CT molecular complexity index is 1090. The molecule has 0 aromatic heterocycles. The molecule has 0 saturated heterocycles. The van der Waals surface area contributed by atoms with Crippen LogP contribution in [0, 0.1) is 31.6 Å². The third-order valence-corrected chi connectivity index (χ3v) is 4.14. The molecule has 0 radical (unpaired) electrons. The van der Waals surface area contributed by atoms with Crippen molar-refractivity contribution in [2.24, 2.45) is 0 Å². The van der Waals surface area contributed by atoms with Crippen LogP contribution in [0.3, 0.4) is 0 Å². The Labute approximate surface area is 182 Å². The van der Waals surface area contributed by atoms with Crippen LogP contribution in [0.25, 0.3) is 6.08 Å². The standard InChI is InChI=1S/C21H18N4O7/c1-2-3-8-23-20(26)16(13-22)9-14-4-6-19(7-5-14)32-21(27)15-10-17(24(28)29)12-18(11-15)25(30)31/h4-7,9-12H,2-3,8H2,1H3,(H,23,26)/b16-9+. The molecule has 0 fully saturated rings. The van der Waals surface area contributed by atoms with Gasteiger partial charge in [0.1, 0.15) is 17.4 Å². The number of benzene rings is 2. The highest BCUT2D eigenvalue weighted by atomic mass is 16.6. The Morgan fingerprint density at radius 2 is 1.69 bits per heavy atom. The van der Waals surface area contributed by atoms with Gasteiger partial charge in [-0.1, -0.05) is 25.5 Å². The van der Waals surface area contributed by atoms with E-state index in [2.05, 4.69) is 5.32 Å². The quantitative estimate of drug-likeness (QED) is 0.118. The molecule has 11 heteroatoms. The van der Waals surface area contributed by atoms with Crippen LogP contribution in [0.4, 0.5) is 11.4 Å². The summed E-state index contributed by atoms with van der Waals surface area (Å²) in [6, 6.07) is 10.1. The molecule has 0 aliphatic heterocycles. The number of nitro benzene ring substituents is 2. The summed E-state index contributed by atoms with van der Waals surface area (Å²) in [7, 11) is 0. The number of ether oxygens (including phenoxy) is 1. The number of nitrogens with one attached hydrogen (secondary N) is 1. The van der Waals surface area contributed by atoms with E-state index in [0.29, 0.717) is 12.1 Å². The van der Waals surface area contributed by atoms with E-state index in [9.17, 15) is 35.1 Å². The van der Waals surface area contributed by atoms with E-state index in [4.69, 9.17) is 4.74 Å². The summed E-state index contributed by atoms with van der Waals surface area (Å²) in [5.74, 6) is -1.45. The number of esters is 1. The third-order valence-electron chi connectivity index (χ3n) is 4.14. The zero-order chi connectivity index (χ0) is 23.7. The van der Waals surface area contributed by atoms with E-state index >= 15 is 0 Å². The van der Waals surface area contributed by atoms with Crippen LogP contribution < -0.4 is 10.1 Å². The van der Waals surface area contributed by atoms with Crippen molar-refractivity contribution in [2.45, 2.75) is 19.8 Å². The zero-order valence-electron chi connectivity index (χ0n) is 16.9. The first-order valence-electron chi connectivity index (χ1n) is 9.41. The molecular weight excluding hydrogens is 420 g/mol. The number of hydrogen-bond acceptors (Lipinski definition) is 8. The summed E-state index contributed by atoms with van der Waals surface area (Å²) < 4.78 is 5.12. The molecule has 2 rings (SSSR count). The van der Waals surface area contributed by atoms with Gasteiger partial charge in [-0.05, 0) is 30.2 Å². The first-order valence-corrected chi connectivity index (χ1v) is 9.41. The fourth-order valence-corrected chi connectivity index (χ4v) is 2.51. The molecular formula is C21H18N4O7.